The SMILES string of the molecule is CNc1ccc(-c2cccc(C(=O)N[C@H](c3cc(C)ccn3)C3CC3)c2)cc1. The first-order valence-corrected chi connectivity index (χ1v) is 9.76. The fourth-order valence-corrected chi connectivity index (χ4v) is 3.49. The van der Waals surface area contributed by atoms with Gasteiger partial charge in [-0.2, -0.15) is 0 Å². The molecule has 0 aliphatic heterocycles. The van der Waals surface area contributed by atoms with Gasteiger partial charge in [-0.1, -0.05) is 24.3 Å². The largest absolute Gasteiger partial charge is 0.388 e. The Morgan fingerprint density at radius 2 is 1.82 bits per heavy atom. The molecule has 1 fully saturated rings. The minimum Gasteiger partial charge on any atom is -0.388 e. The van der Waals surface area contributed by atoms with Crippen LogP contribution in [0.3, 0.4) is 0 Å². The van der Waals surface area contributed by atoms with Crippen LogP contribution in [0, 0.1) is 12.8 Å². The number of rotatable bonds is 6. The topological polar surface area (TPSA) is 54.0 Å². The summed E-state index contributed by atoms with van der Waals surface area (Å²) in [6, 6.07) is 20.0. The van der Waals surface area contributed by atoms with E-state index in [1.54, 1.807) is 0 Å². The lowest BCUT2D eigenvalue weighted by atomic mass is 10.0. The lowest BCUT2D eigenvalue weighted by Gasteiger charge is -2.18. The number of hydrogen-bond acceptors (Lipinski definition) is 3. The van der Waals surface area contributed by atoms with Crippen molar-refractivity contribution >= 4 is 11.6 Å². The maximum absolute atomic E-state index is 13.0. The normalized spacial score (nSPS) is 14.4. The van der Waals surface area contributed by atoms with Gasteiger partial charge in [0.1, 0.15) is 0 Å². The number of amides is 1. The van der Waals surface area contributed by atoms with Crippen LogP contribution in [0.2, 0.25) is 0 Å². The van der Waals surface area contributed by atoms with Gasteiger partial charge in [-0.15, -0.1) is 0 Å². The van der Waals surface area contributed by atoms with Crippen molar-refractivity contribution in [3.63, 3.8) is 0 Å². The molecule has 1 heterocycles. The quantitative estimate of drug-likeness (QED) is 0.642. The molecule has 1 atom stereocenters. The summed E-state index contributed by atoms with van der Waals surface area (Å²) >= 11 is 0. The van der Waals surface area contributed by atoms with E-state index < -0.39 is 0 Å². The molecule has 4 heteroatoms. The van der Waals surface area contributed by atoms with Gasteiger partial charge >= 0.3 is 0 Å². The van der Waals surface area contributed by atoms with E-state index in [0.29, 0.717) is 11.5 Å². The van der Waals surface area contributed by atoms with Gasteiger partial charge in [0.15, 0.2) is 0 Å². The molecule has 2 aromatic carbocycles. The van der Waals surface area contributed by atoms with Gasteiger partial charge in [-0.05, 0) is 78.8 Å². The molecule has 1 amide bonds. The maximum atomic E-state index is 13.0. The highest BCUT2D eigenvalue weighted by molar-refractivity contribution is 5.95. The molecule has 1 aliphatic carbocycles. The van der Waals surface area contributed by atoms with E-state index in [9.17, 15) is 4.79 Å². The molecule has 142 valence electrons. The number of aromatic nitrogens is 1. The zero-order valence-electron chi connectivity index (χ0n) is 16.3. The van der Waals surface area contributed by atoms with Crippen LogP contribution in [0.25, 0.3) is 11.1 Å². The second-order valence-electron chi connectivity index (χ2n) is 7.45. The van der Waals surface area contributed by atoms with Crippen LogP contribution in [0.15, 0.2) is 66.9 Å². The van der Waals surface area contributed by atoms with Crippen LogP contribution in [-0.2, 0) is 0 Å². The van der Waals surface area contributed by atoms with Crippen molar-refractivity contribution in [3.05, 3.63) is 83.7 Å². The van der Waals surface area contributed by atoms with E-state index in [1.165, 1.54) is 0 Å². The number of nitrogens with zero attached hydrogens (tertiary/aromatic N) is 1. The first-order chi connectivity index (χ1) is 13.6. The molecule has 4 nitrogen and oxygen atoms in total. The fourth-order valence-electron chi connectivity index (χ4n) is 3.49. The third-order valence-electron chi connectivity index (χ3n) is 5.27. The summed E-state index contributed by atoms with van der Waals surface area (Å²) in [5.74, 6) is 0.435. The number of pyridine rings is 1. The molecule has 0 spiro atoms. The van der Waals surface area contributed by atoms with Gasteiger partial charge in [-0.25, -0.2) is 0 Å². The van der Waals surface area contributed by atoms with Crippen molar-refractivity contribution in [1.82, 2.24) is 10.3 Å². The average molecular weight is 371 g/mol. The zero-order valence-corrected chi connectivity index (χ0v) is 16.3. The Morgan fingerprint density at radius 1 is 1.04 bits per heavy atom. The van der Waals surface area contributed by atoms with Crippen molar-refractivity contribution in [2.24, 2.45) is 5.92 Å². The van der Waals surface area contributed by atoms with Gasteiger partial charge in [0.2, 0.25) is 0 Å². The van der Waals surface area contributed by atoms with E-state index >= 15 is 0 Å². The number of carbonyl (C=O) groups is 1. The maximum Gasteiger partial charge on any atom is 0.251 e. The third-order valence-corrected chi connectivity index (χ3v) is 5.27. The Bertz CT molecular complexity index is 977. The monoisotopic (exact) mass is 371 g/mol. The molecular weight excluding hydrogens is 346 g/mol. The molecule has 3 aromatic rings. The number of hydrogen-bond donors (Lipinski definition) is 2. The van der Waals surface area contributed by atoms with E-state index in [2.05, 4.69) is 40.7 Å². The molecule has 0 radical (unpaired) electrons. The van der Waals surface area contributed by atoms with Crippen LogP contribution in [-0.4, -0.2) is 17.9 Å². The van der Waals surface area contributed by atoms with Crippen LogP contribution < -0.4 is 10.6 Å². The van der Waals surface area contributed by atoms with Crippen molar-refractivity contribution in [3.8, 4) is 11.1 Å². The first kappa shape index (κ1) is 18.2. The molecule has 0 saturated heterocycles. The molecule has 1 aromatic heterocycles. The predicted molar refractivity (Wildman–Crippen MR) is 113 cm³/mol. The molecule has 1 saturated carbocycles. The average Bonchev–Trinajstić information content (AvgIpc) is 3.57. The van der Waals surface area contributed by atoms with E-state index in [0.717, 1.165) is 40.9 Å². The van der Waals surface area contributed by atoms with E-state index in [4.69, 9.17) is 0 Å². The van der Waals surface area contributed by atoms with Crippen molar-refractivity contribution in [2.45, 2.75) is 25.8 Å². The Balaban J connectivity index is 1.55. The number of nitrogens with one attached hydrogen (secondary N) is 2. The summed E-state index contributed by atoms with van der Waals surface area (Å²) in [5, 5.41) is 6.35. The predicted octanol–water partition coefficient (Wildman–Crippen LogP) is 4.98. The molecule has 0 unspecified atom stereocenters. The first-order valence-electron chi connectivity index (χ1n) is 9.76. The smallest absolute Gasteiger partial charge is 0.251 e. The van der Waals surface area contributed by atoms with Gasteiger partial charge < -0.3 is 10.6 Å². The Labute approximate surface area is 166 Å². The van der Waals surface area contributed by atoms with E-state index in [1.807, 2.05) is 55.7 Å². The van der Waals surface area contributed by atoms with Crippen LogP contribution in [0.5, 0.6) is 0 Å². The standard InChI is InChI=1S/C24H25N3O/c1-16-12-13-26-22(14-16)23(18-6-7-18)27-24(28)20-5-3-4-19(15-20)17-8-10-21(25-2)11-9-17/h3-5,8-15,18,23,25H,6-7H2,1-2H3,(H,27,28)/t23-/m0/s1. The molecule has 1 aliphatic rings. The Morgan fingerprint density at radius 3 is 2.50 bits per heavy atom. The summed E-state index contributed by atoms with van der Waals surface area (Å²) in [7, 11) is 1.90. The molecule has 28 heavy (non-hydrogen) atoms. The second kappa shape index (κ2) is 7.85. The summed E-state index contributed by atoms with van der Waals surface area (Å²) in [5.41, 5.74) is 5.98. The molecule has 2 N–H and O–H groups in total. The van der Waals surface area contributed by atoms with Crippen LogP contribution in [0.4, 0.5) is 5.69 Å². The Kier molecular flexibility index (Phi) is 5.11. The van der Waals surface area contributed by atoms with Crippen LogP contribution in [0.1, 0.15) is 40.5 Å². The van der Waals surface area contributed by atoms with Crippen molar-refractivity contribution in [2.75, 3.05) is 12.4 Å². The highest BCUT2D eigenvalue weighted by atomic mass is 16.1. The van der Waals surface area contributed by atoms with Crippen LogP contribution >= 0.6 is 0 Å². The summed E-state index contributed by atoms with van der Waals surface area (Å²) in [6.07, 6.45) is 4.10. The van der Waals surface area contributed by atoms with Crippen molar-refractivity contribution < 1.29 is 4.79 Å². The van der Waals surface area contributed by atoms with Gasteiger partial charge in [0.25, 0.3) is 5.91 Å². The van der Waals surface area contributed by atoms with E-state index in [-0.39, 0.29) is 11.9 Å². The lowest BCUT2D eigenvalue weighted by molar-refractivity contribution is 0.0930. The number of anilines is 1. The summed E-state index contributed by atoms with van der Waals surface area (Å²) in [4.78, 5) is 17.5. The lowest BCUT2D eigenvalue weighted by Crippen LogP contribution is -2.30. The van der Waals surface area contributed by atoms with Gasteiger partial charge in [0.05, 0.1) is 11.7 Å². The number of carbonyl (C=O) groups excluding carboxylic acids is 1. The third kappa shape index (κ3) is 4.06. The molecule has 0 bridgehead atoms. The number of benzene rings is 2. The molecular formula is C24H25N3O. The summed E-state index contributed by atoms with van der Waals surface area (Å²) in [6.45, 7) is 2.06. The number of aryl methyl sites for hydroxylation is 1. The zero-order chi connectivity index (χ0) is 19.5. The minimum atomic E-state index is -0.0473. The van der Waals surface area contributed by atoms with Gasteiger partial charge in [-0.3, -0.25) is 9.78 Å². The highest BCUT2D eigenvalue weighted by Crippen LogP contribution is 2.40. The van der Waals surface area contributed by atoms with Crippen molar-refractivity contribution in [1.29, 1.82) is 0 Å². The fraction of sp³-hybridized carbons (Fsp3) is 0.250. The second-order valence-corrected chi connectivity index (χ2v) is 7.45. The Hall–Kier alpha value is -3.14. The summed E-state index contributed by atoms with van der Waals surface area (Å²) < 4.78 is 0. The molecule has 4 rings (SSSR count). The van der Waals surface area contributed by atoms with Gasteiger partial charge in [0, 0.05) is 24.5 Å². The minimum absolute atomic E-state index is 0.0223. The highest BCUT2D eigenvalue weighted by Gasteiger charge is 2.34.